The van der Waals surface area contributed by atoms with Crippen molar-refractivity contribution >= 4 is 0 Å². The van der Waals surface area contributed by atoms with Gasteiger partial charge in [0.25, 0.3) is 0 Å². The molecule has 0 amide bonds. The first-order valence-corrected chi connectivity index (χ1v) is 9.31. The number of nitrogens with two attached hydrogens (primary N) is 2. The van der Waals surface area contributed by atoms with Gasteiger partial charge in [0.2, 0.25) is 0 Å². The van der Waals surface area contributed by atoms with Gasteiger partial charge in [0.1, 0.15) is 0 Å². The monoisotopic (exact) mass is 346 g/mol. The minimum Gasteiger partial charge on any atom is -0.373 e. The van der Waals surface area contributed by atoms with Gasteiger partial charge >= 0.3 is 0 Å². The van der Waals surface area contributed by atoms with Crippen LogP contribution >= 0.6 is 0 Å². The van der Waals surface area contributed by atoms with Crippen LogP contribution in [0.15, 0.2) is 6.07 Å². The van der Waals surface area contributed by atoms with Crippen molar-refractivity contribution in [1.29, 1.82) is 0 Å². The maximum Gasteiger partial charge on any atom is 0.0850 e. The zero-order valence-corrected chi connectivity index (χ0v) is 14.4. The molecule has 4 fully saturated rings. The smallest absolute Gasteiger partial charge is 0.0850 e. The predicted octanol–water partition coefficient (Wildman–Crippen LogP) is 0.368. The van der Waals surface area contributed by atoms with E-state index in [1.54, 1.807) is 0 Å². The third-order valence-corrected chi connectivity index (χ3v) is 5.51. The molecule has 6 heteroatoms. The number of hydrogen-bond donors (Lipinski definition) is 2. The van der Waals surface area contributed by atoms with Crippen LogP contribution in [-0.2, 0) is 44.6 Å². The van der Waals surface area contributed by atoms with Crippen LogP contribution in [0.5, 0.6) is 0 Å². The molecule has 4 atom stereocenters. The highest BCUT2D eigenvalue weighted by Crippen LogP contribution is 2.36. The standard InChI is InChI=1S/C19H26N2O4/c20-19(21)18-2-10(1-11-6-22-11)15(3-12-7-23-12)16(4-13-8-24-13)17(18)5-14-9-25-14/h2,11-14,19H,1,3-9,20-21H2. The largest absolute Gasteiger partial charge is 0.373 e. The first-order chi connectivity index (χ1) is 12.2. The zero-order chi connectivity index (χ0) is 17.0. The van der Waals surface area contributed by atoms with Gasteiger partial charge in [0.05, 0.1) is 57.0 Å². The van der Waals surface area contributed by atoms with Gasteiger partial charge in [-0.3, -0.25) is 0 Å². The van der Waals surface area contributed by atoms with Gasteiger partial charge in [-0.05, 0) is 27.8 Å². The fraction of sp³-hybridized carbons (Fsp3) is 0.684. The normalized spacial score (nSPS) is 32.1. The van der Waals surface area contributed by atoms with E-state index in [2.05, 4.69) is 6.07 Å². The third kappa shape index (κ3) is 3.89. The van der Waals surface area contributed by atoms with Crippen LogP contribution in [0.3, 0.4) is 0 Å². The molecule has 4 saturated heterocycles. The lowest BCUT2D eigenvalue weighted by Gasteiger charge is -2.23. The molecule has 4 unspecified atom stereocenters. The highest BCUT2D eigenvalue weighted by Gasteiger charge is 2.35. The van der Waals surface area contributed by atoms with Crippen molar-refractivity contribution in [3.05, 3.63) is 33.9 Å². The molecule has 0 bridgehead atoms. The van der Waals surface area contributed by atoms with Gasteiger partial charge in [0, 0.05) is 25.7 Å². The molecule has 4 aliphatic rings. The molecule has 5 rings (SSSR count). The molecule has 0 aromatic heterocycles. The maximum atomic E-state index is 6.15. The first kappa shape index (κ1) is 16.2. The highest BCUT2D eigenvalue weighted by molar-refractivity contribution is 5.49. The molecule has 0 spiro atoms. The topological polar surface area (TPSA) is 102 Å². The summed E-state index contributed by atoms with van der Waals surface area (Å²) in [4.78, 5) is 0. The molecular weight excluding hydrogens is 320 g/mol. The summed E-state index contributed by atoms with van der Waals surface area (Å²) in [5.74, 6) is 0. The van der Waals surface area contributed by atoms with E-state index >= 15 is 0 Å². The summed E-state index contributed by atoms with van der Waals surface area (Å²) in [5, 5.41) is 0. The Balaban J connectivity index is 1.59. The van der Waals surface area contributed by atoms with E-state index in [0.717, 1.165) is 57.7 Å². The fourth-order valence-corrected chi connectivity index (χ4v) is 3.81. The molecule has 4 N–H and O–H groups in total. The van der Waals surface area contributed by atoms with Crippen molar-refractivity contribution in [2.75, 3.05) is 26.4 Å². The Labute approximate surface area is 147 Å². The average molecular weight is 346 g/mol. The minimum absolute atomic E-state index is 0.305. The van der Waals surface area contributed by atoms with Gasteiger partial charge in [-0.25, -0.2) is 0 Å². The van der Waals surface area contributed by atoms with E-state index in [9.17, 15) is 0 Å². The number of hydrogen-bond acceptors (Lipinski definition) is 6. The number of ether oxygens (including phenoxy) is 4. The van der Waals surface area contributed by atoms with E-state index < -0.39 is 6.17 Å². The van der Waals surface area contributed by atoms with E-state index in [1.807, 2.05) is 0 Å². The van der Waals surface area contributed by atoms with Crippen molar-refractivity contribution in [1.82, 2.24) is 0 Å². The second kappa shape index (κ2) is 6.30. The molecule has 1 aromatic rings. The van der Waals surface area contributed by atoms with Gasteiger partial charge in [-0.15, -0.1) is 0 Å². The summed E-state index contributed by atoms with van der Waals surface area (Å²) in [6.07, 6.45) is 4.56. The van der Waals surface area contributed by atoms with E-state index in [-0.39, 0.29) is 0 Å². The lowest BCUT2D eigenvalue weighted by atomic mass is 9.83. The summed E-state index contributed by atoms with van der Waals surface area (Å²) >= 11 is 0. The Morgan fingerprint density at radius 2 is 1.16 bits per heavy atom. The van der Waals surface area contributed by atoms with Crippen molar-refractivity contribution in [2.45, 2.75) is 56.3 Å². The Morgan fingerprint density at radius 3 is 1.64 bits per heavy atom. The minimum atomic E-state index is -0.474. The number of benzene rings is 1. The molecule has 4 heterocycles. The van der Waals surface area contributed by atoms with Gasteiger partial charge in [0.15, 0.2) is 0 Å². The van der Waals surface area contributed by atoms with Crippen LogP contribution in [0.1, 0.15) is 34.0 Å². The summed E-state index contributed by atoms with van der Waals surface area (Å²) in [6, 6.07) is 2.22. The van der Waals surface area contributed by atoms with Crippen LogP contribution in [0.4, 0.5) is 0 Å². The quantitative estimate of drug-likeness (QED) is 0.495. The maximum absolute atomic E-state index is 6.15. The SMILES string of the molecule is NC(N)c1cc(CC2CO2)c(CC2CO2)c(CC2CO2)c1CC1CO1. The second-order valence-corrected chi connectivity index (χ2v) is 7.72. The highest BCUT2D eigenvalue weighted by atomic mass is 16.6. The van der Waals surface area contributed by atoms with Gasteiger partial charge < -0.3 is 30.4 Å². The summed E-state index contributed by atoms with van der Waals surface area (Å²) in [5.41, 5.74) is 18.8. The van der Waals surface area contributed by atoms with E-state index in [0.29, 0.717) is 24.4 Å². The average Bonchev–Trinajstić information content (AvgIpc) is 3.43. The zero-order valence-electron chi connectivity index (χ0n) is 14.4. The molecule has 136 valence electrons. The van der Waals surface area contributed by atoms with Gasteiger partial charge in [-0.1, -0.05) is 6.07 Å². The summed E-state index contributed by atoms with van der Waals surface area (Å²) in [6.45, 7) is 3.39. The van der Waals surface area contributed by atoms with E-state index in [4.69, 9.17) is 30.4 Å². The molecule has 6 nitrogen and oxygen atoms in total. The predicted molar refractivity (Wildman–Crippen MR) is 91.3 cm³/mol. The molecule has 0 saturated carbocycles. The van der Waals surface area contributed by atoms with Crippen LogP contribution in [-0.4, -0.2) is 50.8 Å². The fourth-order valence-electron chi connectivity index (χ4n) is 3.81. The van der Waals surface area contributed by atoms with Crippen molar-refractivity contribution in [3.8, 4) is 0 Å². The number of rotatable bonds is 9. The summed E-state index contributed by atoms with van der Waals surface area (Å²) in [7, 11) is 0. The second-order valence-electron chi connectivity index (χ2n) is 7.72. The van der Waals surface area contributed by atoms with E-state index in [1.165, 1.54) is 22.3 Å². The van der Waals surface area contributed by atoms with Crippen LogP contribution < -0.4 is 11.5 Å². The third-order valence-electron chi connectivity index (χ3n) is 5.51. The lowest BCUT2D eigenvalue weighted by molar-refractivity contribution is 0.394. The molecular formula is C19H26N2O4. The Morgan fingerprint density at radius 1 is 0.720 bits per heavy atom. The Hall–Kier alpha value is -1.02. The molecule has 25 heavy (non-hydrogen) atoms. The van der Waals surface area contributed by atoms with Crippen molar-refractivity contribution in [3.63, 3.8) is 0 Å². The van der Waals surface area contributed by atoms with Crippen LogP contribution in [0.25, 0.3) is 0 Å². The molecule has 0 aliphatic carbocycles. The lowest BCUT2D eigenvalue weighted by Crippen LogP contribution is -2.25. The van der Waals surface area contributed by atoms with Crippen LogP contribution in [0.2, 0.25) is 0 Å². The number of epoxide rings is 4. The van der Waals surface area contributed by atoms with Crippen LogP contribution in [0, 0.1) is 0 Å². The first-order valence-electron chi connectivity index (χ1n) is 9.31. The molecule has 4 aliphatic heterocycles. The molecule has 1 aromatic carbocycles. The Bertz CT molecular complexity index is 662. The molecule has 0 radical (unpaired) electrons. The summed E-state index contributed by atoms with van der Waals surface area (Å²) < 4.78 is 22.1. The van der Waals surface area contributed by atoms with Crippen molar-refractivity contribution < 1.29 is 18.9 Å². The Kier molecular flexibility index (Phi) is 4.08. The van der Waals surface area contributed by atoms with Crippen molar-refractivity contribution in [2.24, 2.45) is 11.5 Å². The van der Waals surface area contributed by atoms with Gasteiger partial charge in [-0.2, -0.15) is 0 Å².